The summed E-state index contributed by atoms with van der Waals surface area (Å²) in [6.45, 7) is 1.70. The summed E-state index contributed by atoms with van der Waals surface area (Å²) in [6, 6.07) is 3.35. The molecule has 1 aliphatic heterocycles. The minimum Gasteiger partial charge on any atom is -0.393 e. The molecule has 0 amide bonds. The van der Waals surface area contributed by atoms with Gasteiger partial charge in [-0.1, -0.05) is 0 Å². The van der Waals surface area contributed by atoms with E-state index in [1.54, 1.807) is 12.1 Å². The Kier molecular flexibility index (Phi) is 3.67. The Balaban J connectivity index is 1.77. The van der Waals surface area contributed by atoms with Crippen molar-refractivity contribution in [1.29, 1.82) is 0 Å². The second-order valence-electron chi connectivity index (χ2n) is 6.11. The lowest BCUT2D eigenvalue weighted by Crippen LogP contribution is -2.25. The van der Waals surface area contributed by atoms with Crippen LogP contribution in [0.25, 0.3) is 0 Å². The Morgan fingerprint density at radius 3 is 2.62 bits per heavy atom. The van der Waals surface area contributed by atoms with Crippen LogP contribution in [-0.2, 0) is 10.0 Å². The number of hydrogen-bond donors (Lipinski definition) is 1. The first-order valence-corrected chi connectivity index (χ1v) is 8.65. The largest absolute Gasteiger partial charge is 0.393 e. The van der Waals surface area contributed by atoms with Crippen molar-refractivity contribution in [3.63, 3.8) is 0 Å². The zero-order valence-corrected chi connectivity index (χ0v) is 13.1. The summed E-state index contributed by atoms with van der Waals surface area (Å²) < 4.78 is 25.2. The fraction of sp³-hybridized carbons (Fsp3) is 0.643. The third-order valence-electron chi connectivity index (χ3n) is 4.64. The molecule has 1 N–H and O–H groups in total. The lowest BCUT2D eigenvalue weighted by Gasteiger charge is -2.20. The van der Waals surface area contributed by atoms with Crippen molar-refractivity contribution in [3.8, 4) is 0 Å². The second kappa shape index (κ2) is 5.23. The first-order valence-electron chi connectivity index (χ1n) is 7.21. The standard InChI is InChI=1S/C14H21N3O3S/c1-16(2)21(19,20)11-4-6-14(15-7-11)17-8-10-3-5-13(18)12(10)9-17/h4,6-7,10,12-13,18H,3,5,8-9H2,1-2H3. The molecular weight excluding hydrogens is 290 g/mol. The minimum atomic E-state index is -3.43. The molecule has 2 heterocycles. The number of sulfonamides is 1. The maximum absolute atomic E-state index is 12.0. The maximum Gasteiger partial charge on any atom is 0.244 e. The van der Waals surface area contributed by atoms with Crippen molar-refractivity contribution < 1.29 is 13.5 Å². The zero-order valence-electron chi connectivity index (χ0n) is 12.3. The SMILES string of the molecule is CN(C)S(=O)(=O)c1ccc(N2CC3CCC(O)C3C2)nc1. The molecule has 2 aliphatic rings. The van der Waals surface area contributed by atoms with Gasteiger partial charge in [0.15, 0.2) is 0 Å². The third-order valence-corrected chi connectivity index (χ3v) is 6.44. The highest BCUT2D eigenvalue weighted by Gasteiger charge is 2.42. The highest BCUT2D eigenvalue weighted by Crippen LogP contribution is 2.39. The number of aliphatic hydroxyl groups is 1. The van der Waals surface area contributed by atoms with Crippen molar-refractivity contribution >= 4 is 15.8 Å². The number of aliphatic hydroxyl groups excluding tert-OH is 1. The summed E-state index contributed by atoms with van der Waals surface area (Å²) in [5.74, 6) is 1.65. The van der Waals surface area contributed by atoms with Gasteiger partial charge in [-0.25, -0.2) is 17.7 Å². The number of nitrogens with zero attached hydrogens (tertiary/aromatic N) is 3. The molecule has 0 spiro atoms. The lowest BCUT2D eigenvalue weighted by atomic mass is 10.00. The number of pyridine rings is 1. The van der Waals surface area contributed by atoms with Gasteiger partial charge in [-0.15, -0.1) is 0 Å². The molecule has 7 heteroatoms. The van der Waals surface area contributed by atoms with E-state index in [1.165, 1.54) is 24.6 Å². The van der Waals surface area contributed by atoms with Crippen molar-refractivity contribution in [2.45, 2.75) is 23.8 Å². The van der Waals surface area contributed by atoms with Gasteiger partial charge >= 0.3 is 0 Å². The Bertz CT molecular complexity index is 615. The molecule has 1 aliphatic carbocycles. The summed E-state index contributed by atoms with van der Waals surface area (Å²) in [6.07, 6.45) is 3.18. The molecule has 3 unspecified atom stereocenters. The molecule has 116 valence electrons. The minimum absolute atomic E-state index is 0.201. The summed E-state index contributed by atoms with van der Waals surface area (Å²) in [5, 5.41) is 9.94. The molecule has 1 saturated heterocycles. The first-order chi connectivity index (χ1) is 9.89. The number of anilines is 1. The number of aromatic nitrogens is 1. The predicted octanol–water partition coefficient (Wildman–Crippen LogP) is 0.539. The molecule has 21 heavy (non-hydrogen) atoms. The molecular formula is C14H21N3O3S. The van der Waals surface area contributed by atoms with Gasteiger partial charge in [0.05, 0.1) is 6.10 Å². The summed E-state index contributed by atoms with van der Waals surface area (Å²) in [4.78, 5) is 6.65. The summed E-state index contributed by atoms with van der Waals surface area (Å²) >= 11 is 0. The van der Waals surface area contributed by atoms with E-state index in [-0.39, 0.29) is 11.0 Å². The van der Waals surface area contributed by atoms with Gasteiger partial charge in [0.25, 0.3) is 0 Å². The molecule has 1 aromatic rings. The Morgan fingerprint density at radius 1 is 1.29 bits per heavy atom. The van der Waals surface area contributed by atoms with Crippen LogP contribution in [0.4, 0.5) is 5.82 Å². The summed E-state index contributed by atoms with van der Waals surface area (Å²) in [7, 11) is -0.416. The Labute approximate surface area is 125 Å². The van der Waals surface area contributed by atoms with E-state index < -0.39 is 10.0 Å². The van der Waals surface area contributed by atoms with Crippen LogP contribution in [-0.4, -0.2) is 56.1 Å². The van der Waals surface area contributed by atoms with Crippen molar-refractivity contribution in [2.75, 3.05) is 32.1 Å². The zero-order chi connectivity index (χ0) is 15.2. The average Bonchev–Trinajstić information content (AvgIpc) is 3.01. The van der Waals surface area contributed by atoms with Gasteiger partial charge in [-0.3, -0.25) is 0 Å². The van der Waals surface area contributed by atoms with Gasteiger partial charge in [-0.2, -0.15) is 0 Å². The quantitative estimate of drug-likeness (QED) is 0.882. The molecule has 1 saturated carbocycles. The fourth-order valence-electron chi connectivity index (χ4n) is 3.35. The van der Waals surface area contributed by atoms with E-state index in [1.807, 2.05) is 0 Å². The summed E-state index contributed by atoms with van der Waals surface area (Å²) in [5.41, 5.74) is 0. The van der Waals surface area contributed by atoms with E-state index in [4.69, 9.17) is 0 Å². The van der Waals surface area contributed by atoms with E-state index >= 15 is 0 Å². The van der Waals surface area contributed by atoms with Crippen LogP contribution in [0.15, 0.2) is 23.2 Å². The molecule has 2 fully saturated rings. The van der Waals surface area contributed by atoms with Crippen molar-refractivity contribution in [2.24, 2.45) is 11.8 Å². The van der Waals surface area contributed by atoms with Crippen LogP contribution in [0.5, 0.6) is 0 Å². The van der Waals surface area contributed by atoms with E-state index in [9.17, 15) is 13.5 Å². The number of rotatable bonds is 3. The predicted molar refractivity (Wildman–Crippen MR) is 79.5 cm³/mol. The monoisotopic (exact) mass is 311 g/mol. The van der Waals surface area contributed by atoms with Gasteiger partial charge in [0.1, 0.15) is 10.7 Å². The van der Waals surface area contributed by atoms with Crippen LogP contribution in [0, 0.1) is 11.8 Å². The smallest absolute Gasteiger partial charge is 0.244 e. The first kappa shape index (κ1) is 14.7. The molecule has 3 rings (SSSR count). The van der Waals surface area contributed by atoms with Crippen LogP contribution >= 0.6 is 0 Å². The van der Waals surface area contributed by atoms with E-state index in [0.717, 1.165) is 31.7 Å². The fourth-order valence-corrected chi connectivity index (χ4v) is 4.19. The van der Waals surface area contributed by atoms with Gasteiger partial charge in [-0.05, 0) is 30.9 Å². The molecule has 0 bridgehead atoms. The Morgan fingerprint density at radius 2 is 2.05 bits per heavy atom. The molecule has 0 radical (unpaired) electrons. The lowest BCUT2D eigenvalue weighted by molar-refractivity contribution is 0.133. The topological polar surface area (TPSA) is 73.7 Å². The second-order valence-corrected chi connectivity index (χ2v) is 8.26. The number of hydrogen-bond acceptors (Lipinski definition) is 5. The van der Waals surface area contributed by atoms with Crippen molar-refractivity contribution in [3.05, 3.63) is 18.3 Å². The molecule has 0 aromatic carbocycles. The highest BCUT2D eigenvalue weighted by molar-refractivity contribution is 7.89. The van der Waals surface area contributed by atoms with Gasteiger partial charge in [0.2, 0.25) is 10.0 Å². The van der Waals surface area contributed by atoms with Gasteiger partial charge in [0, 0.05) is 39.3 Å². The highest BCUT2D eigenvalue weighted by atomic mass is 32.2. The number of fused-ring (bicyclic) bond motifs is 1. The van der Waals surface area contributed by atoms with E-state index in [2.05, 4.69) is 9.88 Å². The van der Waals surface area contributed by atoms with Crippen LogP contribution in [0.1, 0.15) is 12.8 Å². The third kappa shape index (κ3) is 2.54. The molecule has 6 nitrogen and oxygen atoms in total. The maximum atomic E-state index is 12.0. The molecule has 3 atom stereocenters. The van der Waals surface area contributed by atoms with Crippen LogP contribution in [0.3, 0.4) is 0 Å². The van der Waals surface area contributed by atoms with Gasteiger partial charge < -0.3 is 10.0 Å². The average molecular weight is 311 g/mol. The normalized spacial score (nSPS) is 29.1. The molecule has 1 aromatic heterocycles. The van der Waals surface area contributed by atoms with Crippen LogP contribution < -0.4 is 4.90 Å². The Hall–Kier alpha value is -1.18. The van der Waals surface area contributed by atoms with Crippen molar-refractivity contribution in [1.82, 2.24) is 9.29 Å². The van der Waals surface area contributed by atoms with Crippen LogP contribution in [0.2, 0.25) is 0 Å². The van der Waals surface area contributed by atoms with E-state index in [0.29, 0.717) is 11.8 Å².